The fourth-order valence-corrected chi connectivity index (χ4v) is 6.03. The Hall–Kier alpha value is -2.46. The topological polar surface area (TPSA) is 87.6 Å². The first-order chi connectivity index (χ1) is 18.0. The van der Waals surface area contributed by atoms with Crippen LogP contribution in [0, 0.1) is 5.41 Å². The summed E-state index contributed by atoms with van der Waals surface area (Å²) in [6.07, 6.45) is 4.37. The molecule has 0 aliphatic carbocycles. The van der Waals surface area contributed by atoms with Gasteiger partial charge in [0.05, 0.1) is 28.1 Å². The molecule has 2 aromatic heterocycles. The number of fused-ring (bicyclic) bond motifs is 1. The molecule has 1 atom stereocenters. The number of hydrogen-bond acceptors (Lipinski definition) is 7. The van der Waals surface area contributed by atoms with Crippen LogP contribution < -0.4 is 10.2 Å². The smallest absolute Gasteiger partial charge is 0.249 e. The molecule has 3 heterocycles. The summed E-state index contributed by atoms with van der Waals surface area (Å²) in [4.78, 5) is 23.7. The van der Waals surface area contributed by atoms with Gasteiger partial charge in [0.1, 0.15) is 11.9 Å². The molecule has 1 aromatic carbocycles. The number of thioether (sulfide) groups is 1. The summed E-state index contributed by atoms with van der Waals surface area (Å²) in [6, 6.07) is 11.2. The van der Waals surface area contributed by atoms with E-state index >= 15 is 4.39 Å². The number of likely N-dealkylation sites (tertiary alicyclic amines) is 1. The van der Waals surface area contributed by atoms with Crippen molar-refractivity contribution in [2.45, 2.75) is 43.3 Å². The van der Waals surface area contributed by atoms with Gasteiger partial charge >= 0.3 is 0 Å². The van der Waals surface area contributed by atoms with Gasteiger partial charge in [-0.2, -0.15) is 0 Å². The van der Waals surface area contributed by atoms with Crippen molar-refractivity contribution in [1.82, 2.24) is 20.3 Å². The summed E-state index contributed by atoms with van der Waals surface area (Å²) in [7, 11) is 1.55. The van der Waals surface area contributed by atoms with Crippen LogP contribution in [0.5, 0.6) is 5.75 Å². The number of alkyl halides is 1. The number of halogens is 2. The Balaban J connectivity index is 1.36. The zero-order chi connectivity index (χ0) is 26.3. The molecular formula is C27H32ClFN4O3S. The molecule has 3 aromatic rings. The van der Waals surface area contributed by atoms with E-state index in [9.17, 15) is 10.0 Å². The van der Waals surface area contributed by atoms with Crippen molar-refractivity contribution in [2.75, 3.05) is 32.5 Å². The van der Waals surface area contributed by atoms with Gasteiger partial charge in [-0.1, -0.05) is 17.7 Å². The molecule has 198 valence electrons. The SMILES string of the molecule is COc1ccc2ncc(Cl)c([C@H](F)CCC3(C(=O)NO)CCN(CCCSc4ccccn4)CC3)c2c1. The van der Waals surface area contributed by atoms with E-state index in [4.69, 9.17) is 16.3 Å². The summed E-state index contributed by atoms with van der Waals surface area (Å²) in [5, 5.41) is 11.3. The van der Waals surface area contributed by atoms with Crippen molar-refractivity contribution < 1.29 is 19.1 Å². The number of piperidine rings is 1. The highest BCUT2D eigenvalue weighted by atomic mass is 35.5. The molecule has 0 bridgehead atoms. The number of hydroxylamine groups is 1. The first kappa shape index (κ1) is 27.6. The van der Waals surface area contributed by atoms with E-state index in [1.54, 1.807) is 43.3 Å². The lowest BCUT2D eigenvalue weighted by molar-refractivity contribution is -0.143. The molecule has 0 unspecified atom stereocenters. The zero-order valence-corrected chi connectivity index (χ0v) is 22.4. The number of hydrogen-bond donors (Lipinski definition) is 2. The van der Waals surface area contributed by atoms with Crippen LogP contribution in [0.2, 0.25) is 5.02 Å². The summed E-state index contributed by atoms with van der Waals surface area (Å²) >= 11 is 8.11. The predicted octanol–water partition coefficient (Wildman–Crippen LogP) is 5.85. The van der Waals surface area contributed by atoms with Crippen molar-refractivity contribution in [3.05, 3.63) is 59.4 Å². The molecule has 1 fully saturated rings. The molecule has 0 radical (unpaired) electrons. The monoisotopic (exact) mass is 546 g/mol. The Bertz CT molecular complexity index is 1190. The maximum absolute atomic E-state index is 15.7. The molecule has 7 nitrogen and oxygen atoms in total. The van der Waals surface area contributed by atoms with Gasteiger partial charge in [-0.3, -0.25) is 15.0 Å². The quantitative estimate of drug-likeness (QED) is 0.135. The number of carbonyl (C=O) groups excluding carboxylic acids is 1. The van der Waals surface area contributed by atoms with Crippen molar-refractivity contribution in [2.24, 2.45) is 5.41 Å². The largest absolute Gasteiger partial charge is 0.497 e. The second kappa shape index (κ2) is 12.9. The molecule has 1 amide bonds. The minimum absolute atomic E-state index is 0.101. The molecule has 37 heavy (non-hydrogen) atoms. The lowest BCUT2D eigenvalue weighted by Crippen LogP contribution is -2.48. The Morgan fingerprint density at radius 3 is 2.81 bits per heavy atom. The van der Waals surface area contributed by atoms with Crippen molar-refractivity contribution in [3.63, 3.8) is 0 Å². The first-order valence-corrected chi connectivity index (χ1v) is 13.8. The third kappa shape index (κ3) is 6.71. The maximum Gasteiger partial charge on any atom is 0.249 e. The number of amides is 1. The third-order valence-corrected chi connectivity index (χ3v) is 8.49. The zero-order valence-electron chi connectivity index (χ0n) is 20.8. The number of aromatic nitrogens is 2. The molecular weight excluding hydrogens is 515 g/mol. The maximum atomic E-state index is 15.7. The Morgan fingerprint density at radius 2 is 2.11 bits per heavy atom. The van der Waals surface area contributed by atoms with Crippen molar-refractivity contribution in [3.8, 4) is 5.75 Å². The van der Waals surface area contributed by atoms with Gasteiger partial charge in [-0.05, 0) is 82.1 Å². The predicted molar refractivity (Wildman–Crippen MR) is 144 cm³/mol. The number of ether oxygens (including phenoxy) is 1. The second-order valence-corrected chi connectivity index (χ2v) is 10.9. The fraction of sp³-hybridized carbons (Fsp3) is 0.444. The van der Waals surface area contributed by atoms with Gasteiger partial charge in [0, 0.05) is 29.1 Å². The van der Waals surface area contributed by atoms with Crippen LogP contribution in [-0.4, -0.2) is 58.5 Å². The standard InChI is InChI=1S/C27H32ClFN4O3S/c1-36-19-6-7-23-20(17-19)25(21(28)18-31-23)22(29)8-9-27(26(34)32-35)10-14-33(15-11-27)13-4-16-37-24-5-2-3-12-30-24/h2-3,5-7,12,17-18,22,35H,4,8-11,13-16H2,1H3,(H,32,34)/t22-/m1/s1. The number of rotatable bonds is 11. The molecule has 2 N–H and O–H groups in total. The normalized spacial score (nSPS) is 16.4. The van der Waals surface area contributed by atoms with E-state index in [0.29, 0.717) is 41.5 Å². The summed E-state index contributed by atoms with van der Waals surface area (Å²) in [5.41, 5.74) is 1.99. The van der Waals surface area contributed by atoms with Crippen LogP contribution in [0.15, 0.2) is 53.8 Å². The number of benzene rings is 1. The van der Waals surface area contributed by atoms with Crippen LogP contribution in [0.3, 0.4) is 0 Å². The average molecular weight is 547 g/mol. The fourth-order valence-electron chi connectivity index (χ4n) is 4.97. The molecule has 1 aliphatic heterocycles. The van der Waals surface area contributed by atoms with Crippen molar-refractivity contribution >= 4 is 40.2 Å². The van der Waals surface area contributed by atoms with Gasteiger partial charge in [-0.15, -0.1) is 11.8 Å². The van der Waals surface area contributed by atoms with E-state index in [1.807, 2.05) is 23.7 Å². The summed E-state index contributed by atoms with van der Waals surface area (Å²) in [5.74, 6) is 1.11. The van der Waals surface area contributed by atoms with Crippen LogP contribution in [0.4, 0.5) is 4.39 Å². The molecule has 0 spiro atoms. The average Bonchev–Trinajstić information content (AvgIpc) is 2.94. The third-order valence-electron chi connectivity index (χ3n) is 7.16. The number of nitrogens with zero attached hydrogens (tertiary/aromatic N) is 3. The van der Waals surface area contributed by atoms with Crippen LogP contribution >= 0.6 is 23.4 Å². The van der Waals surface area contributed by atoms with E-state index < -0.39 is 17.5 Å². The Labute approximate surface area is 225 Å². The highest BCUT2D eigenvalue weighted by molar-refractivity contribution is 7.99. The summed E-state index contributed by atoms with van der Waals surface area (Å²) < 4.78 is 21.0. The Morgan fingerprint density at radius 1 is 1.30 bits per heavy atom. The lowest BCUT2D eigenvalue weighted by Gasteiger charge is -2.40. The first-order valence-electron chi connectivity index (χ1n) is 12.4. The van der Waals surface area contributed by atoms with Gasteiger partial charge in [0.2, 0.25) is 5.91 Å². The number of methoxy groups -OCH3 is 1. The van der Waals surface area contributed by atoms with Gasteiger partial charge < -0.3 is 9.64 Å². The number of nitrogens with one attached hydrogen (secondary N) is 1. The molecule has 0 saturated carbocycles. The van der Waals surface area contributed by atoms with E-state index in [-0.39, 0.29) is 11.4 Å². The molecule has 10 heteroatoms. The van der Waals surface area contributed by atoms with Gasteiger partial charge in [0.15, 0.2) is 0 Å². The van der Waals surface area contributed by atoms with Crippen LogP contribution in [0.25, 0.3) is 10.9 Å². The summed E-state index contributed by atoms with van der Waals surface area (Å²) in [6.45, 7) is 2.35. The Kier molecular flexibility index (Phi) is 9.59. The minimum atomic E-state index is -1.39. The molecule has 4 rings (SSSR count). The number of pyridine rings is 2. The lowest BCUT2D eigenvalue weighted by atomic mass is 9.73. The minimum Gasteiger partial charge on any atom is -0.497 e. The highest BCUT2D eigenvalue weighted by Crippen LogP contribution is 2.42. The highest BCUT2D eigenvalue weighted by Gasteiger charge is 2.41. The van der Waals surface area contributed by atoms with Crippen LogP contribution in [0.1, 0.15) is 43.8 Å². The molecule has 1 saturated heterocycles. The van der Waals surface area contributed by atoms with E-state index in [2.05, 4.69) is 14.9 Å². The van der Waals surface area contributed by atoms with Gasteiger partial charge in [-0.25, -0.2) is 14.9 Å². The van der Waals surface area contributed by atoms with Crippen molar-refractivity contribution in [1.29, 1.82) is 0 Å². The second-order valence-electron chi connectivity index (χ2n) is 9.34. The molecule has 1 aliphatic rings. The number of carbonyl (C=O) groups is 1. The van der Waals surface area contributed by atoms with Crippen LogP contribution in [-0.2, 0) is 4.79 Å². The van der Waals surface area contributed by atoms with E-state index in [1.165, 1.54) is 6.20 Å². The van der Waals surface area contributed by atoms with Gasteiger partial charge in [0.25, 0.3) is 0 Å². The van der Waals surface area contributed by atoms with E-state index in [0.717, 1.165) is 36.8 Å².